The Morgan fingerprint density at radius 2 is 1.68 bits per heavy atom. The van der Waals surface area contributed by atoms with Gasteiger partial charge in [0.25, 0.3) is 5.91 Å². The first kappa shape index (κ1) is 17.5. The highest BCUT2D eigenvalue weighted by Gasteiger charge is 2.18. The van der Waals surface area contributed by atoms with E-state index in [1.807, 2.05) is 18.2 Å². The number of benzene rings is 2. The Kier molecular flexibility index (Phi) is 5.68. The van der Waals surface area contributed by atoms with E-state index in [9.17, 15) is 15.0 Å². The summed E-state index contributed by atoms with van der Waals surface area (Å²) in [6, 6.07) is 14.6. The molecule has 1 amide bonds. The summed E-state index contributed by atoms with van der Waals surface area (Å²) in [5.74, 6) is -0.297. The summed E-state index contributed by atoms with van der Waals surface area (Å²) in [6.07, 6.45) is 1.45. The Morgan fingerprint density at radius 1 is 1.04 bits per heavy atom. The zero-order chi connectivity index (χ0) is 17.6. The molecule has 2 aromatic carbocycles. The van der Waals surface area contributed by atoms with Crippen LogP contribution in [0.3, 0.4) is 0 Å². The SMILES string of the molecule is O=C(NCc1ccccc1CN1CCC(O)CC1)c1ccccc1O. The predicted molar refractivity (Wildman–Crippen MR) is 96.2 cm³/mol. The number of hydrogen-bond donors (Lipinski definition) is 3. The minimum Gasteiger partial charge on any atom is -0.507 e. The van der Waals surface area contributed by atoms with Crippen LogP contribution in [-0.4, -0.2) is 40.2 Å². The molecule has 0 saturated carbocycles. The summed E-state index contributed by atoms with van der Waals surface area (Å²) in [6.45, 7) is 3.01. The van der Waals surface area contributed by atoms with E-state index in [-0.39, 0.29) is 23.3 Å². The first-order chi connectivity index (χ1) is 12.1. The van der Waals surface area contributed by atoms with Gasteiger partial charge in [0.15, 0.2) is 0 Å². The van der Waals surface area contributed by atoms with Gasteiger partial charge in [0.1, 0.15) is 5.75 Å². The van der Waals surface area contributed by atoms with Gasteiger partial charge in [-0.2, -0.15) is 0 Å². The molecule has 0 spiro atoms. The molecule has 1 heterocycles. The van der Waals surface area contributed by atoms with Gasteiger partial charge in [-0.15, -0.1) is 0 Å². The molecule has 0 aromatic heterocycles. The van der Waals surface area contributed by atoms with Crippen LogP contribution in [0, 0.1) is 0 Å². The van der Waals surface area contributed by atoms with Gasteiger partial charge in [-0.3, -0.25) is 9.69 Å². The van der Waals surface area contributed by atoms with Crippen LogP contribution < -0.4 is 5.32 Å². The van der Waals surface area contributed by atoms with Gasteiger partial charge in [-0.1, -0.05) is 36.4 Å². The molecule has 132 valence electrons. The number of phenols is 1. The lowest BCUT2D eigenvalue weighted by Gasteiger charge is -2.30. The quantitative estimate of drug-likeness (QED) is 0.781. The summed E-state index contributed by atoms with van der Waals surface area (Å²) in [7, 11) is 0. The molecule has 0 bridgehead atoms. The number of piperidine rings is 1. The number of aromatic hydroxyl groups is 1. The van der Waals surface area contributed by atoms with E-state index in [2.05, 4.69) is 16.3 Å². The van der Waals surface area contributed by atoms with Crippen molar-refractivity contribution in [3.63, 3.8) is 0 Å². The van der Waals surface area contributed by atoms with Crippen LogP contribution >= 0.6 is 0 Å². The molecule has 5 heteroatoms. The van der Waals surface area contributed by atoms with E-state index in [0.29, 0.717) is 6.54 Å². The molecule has 1 saturated heterocycles. The summed E-state index contributed by atoms with van der Waals surface area (Å²) >= 11 is 0. The number of rotatable bonds is 5. The van der Waals surface area contributed by atoms with Crippen molar-refractivity contribution >= 4 is 5.91 Å². The molecule has 3 N–H and O–H groups in total. The highest BCUT2D eigenvalue weighted by molar-refractivity contribution is 5.96. The average Bonchev–Trinajstić information content (AvgIpc) is 2.63. The second-order valence-electron chi connectivity index (χ2n) is 6.48. The number of aliphatic hydroxyl groups excluding tert-OH is 1. The summed E-state index contributed by atoms with van der Waals surface area (Å²) in [5.41, 5.74) is 2.53. The fourth-order valence-corrected chi connectivity index (χ4v) is 3.14. The third kappa shape index (κ3) is 4.59. The topological polar surface area (TPSA) is 72.8 Å². The number of likely N-dealkylation sites (tertiary alicyclic amines) is 1. The Morgan fingerprint density at radius 3 is 2.40 bits per heavy atom. The number of aliphatic hydroxyl groups is 1. The number of hydrogen-bond acceptors (Lipinski definition) is 4. The van der Waals surface area contributed by atoms with Gasteiger partial charge in [0, 0.05) is 26.2 Å². The largest absolute Gasteiger partial charge is 0.507 e. The molecule has 2 aromatic rings. The summed E-state index contributed by atoms with van der Waals surface area (Å²) < 4.78 is 0. The number of carbonyl (C=O) groups is 1. The molecule has 3 rings (SSSR count). The first-order valence-corrected chi connectivity index (χ1v) is 8.67. The molecular formula is C20H24N2O3. The third-order valence-electron chi connectivity index (χ3n) is 4.66. The third-order valence-corrected chi connectivity index (χ3v) is 4.66. The lowest BCUT2D eigenvalue weighted by Crippen LogP contribution is -2.35. The van der Waals surface area contributed by atoms with E-state index in [4.69, 9.17) is 0 Å². The van der Waals surface area contributed by atoms with Crippen LogP contribution in [0.1, 0.15) is 34.3 Å². The van der Waals surface area contributed by atoms with Crippen molar-refractivity contribution in [3.05, 3.63) is 65.2 Å². The molecule has 0 aliphatic carbocycles. The van der Waals surface area contributed by atoms with Gasteiger partial charge in [-0.05, 0) is 36.1 Å². The second kappa shape index (κ2) is 8.14. The highest BCUT2D eigenvalue weighted by Crippen LogP contribution is 2.18. The Labute approximate surface area is 147 Å². The number of carbonyl (C=O) groups excluding carboxylic acids is 1. The number of phenolic OH excluding ortho intramolecular Hbond substituents is 1. The highest BCUT2D eigenvalue weighted by atomic mass is 16.3. The van der Waals surface area contributed by atoms with E-state index in [0.717, 1.165) is 38.0 Å². The van der Waals surface area contributed by atoms with Crippen molar-refractivity contribution < 1.29 is 15.0 Å². The Hall–Kier alpha value is -2.37. The molecule has 0 radical (unpaired) electrons. The summed E-state index contributed by atoms with van der Waals surface area (Å²) in [4.78, 5) is 14.6. The normalized spacial score (nSPS) is 15.9. The fraction of sp³-hybridized carbons (Fsp3) is 0.350. The van der Waals surface area contributed by atoms with E-state index in [1.54, 1.807) is 18.2 Å². The maximum Gasteiger partial charge on any atom is 0.255 e. The van der Waals surface area contributed by atoms with Crippen LogP contribution in [0.4, 0.5) is 0 Å². The van der Waals surface area contributed by atoms with Crippen LogP contribution in [0.2, 0.25) is 0 Å². The van der Waals surface area contributed by atoms with Crippen molar-refractivity contribution in [3.8, 4) is 5.75 Å². The molecule has 25 heavy (non-hydrogen) atoms. The van der Waals surface area contributed by atoms with Crippen molar-refractivity contribution in [1.29, 1.82) is 0 Å². The first-order valence-electron chi connectivity index (χ1n) is 8.67. The lowest BCUT2D eigenvalue weighted by molar-refractivity contribution is 0.0790. The molecule has 1 fully saturated rings. The maximum absolute atomic E-state index is 12.3. The Balaban J connectivity index is 1.63. The molecular weight excluding hydrogens is 316 g/mol. The molecule has 1 aliphatic rings. The zero-order valence-electron chi connectivity index (χ0n) is 14.2. The fourth-order valence-electron chi connectivity index (χ4n) is 3.14. The monoisotopic (exact) mass is 340 g/mol. The van der Waals surface area contributed by atoms with Gasteiger partial charge in [-0.25, -0.2) is 0 Å². The van der Waals surface area contributed by atoms with Gasteiger partial charge >= 0.3 is 0 Å². The minimum atomic E-state index is -0.283. The van der Waals surface area contributed by atoms with Gasteiger partial charge < -0.3 is 15.5 Å². The minimum absolute atomic E-state index is 0.0137. The van der Waals surface area contributed by atoms with E-state index in [1.165, 1.54) is 11.6 Å². The number of nitrogens with zero attached hydrogens (tertiary/aromatic N) is 1. The van der Waals surface area contributed by atoms with Crippen LogP contribution in [0.5, 0.6) is 5.75 Å². The molecule has 0 atom stereocenters. The van der Waals surface area contributed by atoms with Crippen molar-refractivity contribution in [2.45, 2.75) is 32.0 Å². The number of amides is 1. The maximum atomic E-state index is 12.3. The molecule has 0 unspecified atom stereocenters. The van der Waals surface area contributed by atoms with Crippen molar-refractivity contribution in [2.75, 3.05) is 13.1 Å². The summed E-state index contributed by atoms with van der Waals surface area (Å²) in [5, 5.41) is 22.3. The smallest absolute Gasteiger partial charge is 0.255 e. The van der Waals surface area contributed by atoms with Crippen LogP contribution in [0.15, 0.2) is 48.5 Å². The molecule has 5 nitrogen and oxygen atoms in total. The standard InChI is InChI=1S/C20H24N2O3/c23-17-9-11-22(12-10-17)14-16-6-2-1-5-15(16)13-21-20(25)18-7-3-4-8-19(18)24/h1-8,17,23-24H,9-14H2,(H,21,25). The zero-order valence-corrected chi connectivity index (χ0v) is 14.2. The van der Waals surface area contributed by atoms with E-state index < -0.39 is 0 Å². The van der Waals surface area contributed by atoms with Gasteiger partial charge in [0.2, 0.25) is 0 Å². The molecule has 1 aliphatic heterocycles. The second-order valence-corrected chi connectivity index (χ2v) is 6.48. The van der Waals surface area contributed by atoms with Crippen molar-refractivity contribution in [1.82, 2.24) is 10.2 Å². The van der Waals surface area contributed by atoms with Gasteiger partial charge in [0.05, 0.1) is 11.7 Å². The average molecular weight is 340 g/mol. The van der Waals surface area contributed by atoms with Crippen molar-refractivity contribution in [2.24, 2.45) is 0 Å². The number of nitrogens with one attached hydrogen (secondary N) is 1. The number of para-hydroxylation sites is 1. The van der Waals surface area contributed by atoms with Crippen LogP contribution in [-0.2, 0) is 13.1 Å². The lowest BCUT2D eigenvalue weighted by atomic mass is 10.0. The van der Waals surface area contributed by atoms with Crippen LogP contribution in [0.25, 0.3) is 0 Å². The Bertz CT molecular complexity index is 724. The predicted octanol–water partition coefficient (Wildman–Crippen LogP) is 2.28. The van der Waals surface area contributed by atoms with E-state index >= 15 is 0 Å².